The third kappa shape index (κ3) is 13.2. The summed E-state index contributed by atoms with van der Waals surface area (Å²) in [5.74, 6) is 0.585. The molecule has 0 aliphatic carbocycles. The van der Waals surface area contributed by atoms with Gasteiger partial charge in [-0.15, -0.1) is 0 Å². The van der Waals surface area contributed by atoms with Crippen molar-refractivity contribution in [2.24, 2.45) is 5.92 Å². The molecule has 0 saturated heterocycles. The van der Waals surface area contributed by atoms with Crippen LogP contribution in [0.4, 0.5) is 4.79 Å². The fourth-order valence-corrected chi connectivity index (χ4v) is 1.53. The number of hydrogen-bond acceptors (Lipinski definition) is 2. The Morgan fingerprint density at radius 1 is 1.12 bits per heavy atom. The summed E-state index contributed by atoms with van der Waals surface area (Å²) in [6.07, 6.45) is 8.12. The molecule has 102 valence electrons. The number of alkyl carbamates (subject to hydrolysis) is 1. The summed E-state index contributed by atoms with van der Waals surface area (Å²) in [5, 5.41) is 2.79. The molecule has 0 rings (SSSR count). The van der Waals surface area contributed by atoms with E-state index in [0.717, 1.165) is 19.4 Å². The van der Waals surface area contributed by atoms with Crippen LogP contribution in [-0.4, -0.2) is 19.2 Å². The van der Waals surface area contributed by atoms with Crippen molar-refractivity contribution in [3.8, 4) is 0 Å². The topological polar surface area (TPSA) is 38.3 Å². The second kappa shape index (κ2) is 11.7. The Bertz CT molecular complexity index is 181. The molecule has 1 amide bonds. The summed E-state index contributed by atoms with van der Waals surface area (Å²) in [5.41, 5.74) is 0. The summed E-state index contributed by atoms with van der Waals surface area (Å²) >= 11 is 0. The molecule has 0 radical (unpaired) electrons. The Morgan fingerprint density at radius 2 is 1.76 bits per heavy atom. The SMILES string of the molecule is CCCCCCCCNC(=O)OCCC(C)C. The third-order valence-electron chi connectivity index (χ3n) is 2.73. The zero-order valence-corrected chi connectivity index (χ0v) is 11.8. The summed E-state index contributed by atoms with van der Waals surface area (Å²) in [7, 11) is 0. The molecule has 1 N–H and O–H groups in total. The summed E-state index contributed by atoms with van der Waals surface area (Å²) < 4.78 is 5.05. The maximum atomic E-state index is 11.2. The van der Waals surface area contributed by atoms with Crippen LogP contribution < -0.4 is 5.32 Å². The number of hydrogen-bond donors (Lipinski definition) is 1. The molecule has 0 saturated carbocycles. The van der Waals surface area contributed by atoms with E-state index in [4.69, 9.17) is 4.74 Å². The highest BCUT2D eigenvalue weighted by atomic mass is 16.5. The zero-order valence-electron chi connectivity index (χ0n) is 11.8. The van der Waals surface area contributed by atoms with Crippen LogP contribution >= 0.6 is 0 Å². The Kier molecular flexibility index (Phi) is 11.2. The van der Waals surface area contributed by atoms with E-state index in [9.17, 15) is 4.79 Å². The van der Waals surface area contributed by atoms with Crippen LogP contribution in [0.25, 0.3) is 0 Å². The molecule has 0 atom stereocenters. The van der Waals surface area contributed by atoms with Gasteiger partial charge in [-0.05, 0) is 18.8 Å². The molecule has 0 fully saturated rings. The minimum atomic E-state index is -0.265. The summed E-state index contributed by atoms with van der Waals surface area (Å²) in [4.78, 5) is 11.2. The number of nitrogens with one attached hydrogen (secondary N) is 1. The summed E-state index contributed by atoms with van der Waals surface area (Å²) in [6.45, 7) is 7.73. The standard InChI is InChI=1S/C14H29NO2/c1-4-5-6-7-8-9-11-15-14(16)17-12-10-13(2)3/h13H,4-12H2,1-3H3,(H,15,16). The molecule has 0 bridgehead atoms. The van der Waals surface area contributed by atoms with Gasteiger partial charge in [-0.2, -0.15) is 0 Å². The van der Waals surface area contributed by atoms with Crippen molar-refractivity contribution in [2.45, 2.75) is 65.7 Å². The molecule has 0 aliphatic rings. The van der Waals surface area contributed by atoms with Crippen LogP contribution in [0.3, 0.4) is 0 Å². The van der Waals surface area contributed by atoms with Crippen molar-refractivity contribution >= 4 is 6.09 Å². The first-order valence-corrected chi connectivity index (χ1v) is 7.07. The van der Waals surface area contributed by atoms with Crippen LogP contribution in [-0.2, 0) is 4.74 Å². The van der Waals surface area contributed by atoms with Crippen LogP contribution in [0, 0.1) is 5.92 Å². The van der Waals surface area contributed by atoms with Crippen LogP contribution in [0.5, 0.6) is 0 Å². The van der Waals surface area contributed by atoms with Gasteiger partial charge >= 0.3 is 6.09 Å². The van der Waals surface area contributed by atoms with E-state index in [-0.39, 0.29) is 6.09 Å². The van der Waals surface area contributed by atoms with Gasteiger partial charge < -0.3 is 10.1 Å². The largest absolute Gasteiger partial charge is 0.450 e. The van der Waals surface area contributed by atoms with E-state index in [0.29, 0.717) is 12.5 Å². The van der Waals surface area contributed by atoms with Gasteiger partial charge in [0.25, 0.3) is 0 Å². The molecule has 17 heavy (non-hydrogen) atoms. The minimum absolute atomic E-state index is 0.265. The molecule has 3 heteroatoms. The molecule has 0 aromatic rings. The van der Waals surface area contributed by atoms with E-state index >= 15 is 0 Å². The summed E-state index contributed by atoms with van der Waals surface area (Å²) in [6, 6.07) is 0. The van der Waals surface area contributed by atoms with E-state index in [2.05, 4.69) is 26.1 Å². The lowest BCUT2D eigenvalue weighted by Crippen LogP contribution is -2.25. The van der Waals surface area contributed by atoms with Gasteiger partial charge in [-0.1, -0.05) is 52.9 Å². The number of rotatable bonds is 10. The Hall–Kier alpha value is -0.730. The molecule has 0 unspecified atom stereocenters. The highest BCUT2D eigenvalue weighted by Gasteiger charge is 2.01. The number of unbranched alkanes of at least 4 members (excludes halogenated alkanes) is 5. The average Bonchev–Trinajstić information content (AvgIpc) is 2.27. The fraction of sp³-hybridized carbons (Fsp3) is 0.929. The van der Waals surface area contributed by atoms with Crippen LogP contribution in [0.1, 0.15) is 65.7 Å². The Balaban J connectivity index is 3.16. The van der Waals surface area contributed by atoms with Crippen LogP contribution in [0.2, 0.25) is 0 Å². The van der Waals surface area contributed by atoms with Crippen molar-refractivity contribution in [1.82, 2.24) is 5.32 Å². The lowest BCUT2D eigenvalue weighted by Gasteiger charge is -2.08. The Labute approximate surface area is 106 Å². The lowest BCUT2D eigenvalue weighted by molar-refractivity contribution is 0.140. The molecule has 0 spiro atoms. The predicted octanol–water partition coefficient (Wildman–Crippen LogP) is 4.12. The number of amides is 1. The second-order valence-electron chi connectivity index (χ2n) is 5.01. The van der Waals surface area contributed by atoms with Gasteiger partial charge in [-0.3, -0.25) is 0 Å². The molecule has 0 heterocycles. The first kappa shape index (κ1) is 16.3. The number of carbonyl (C=O) groups is 1. The Morgan fingerprint density at radius 3 is 2.41 bits per heavy atom. The number of ether oxygens (including phenoxy) is 1. The zero-order chi connectivity index (χ0) is 12.9. The maximum absolute atomic E-state index is 11.2. The monoisotopic (exact) mass is 243 g/mol. The van der Waals surface area contributed by atoms with E-state index in [1.807, 2.05) is 0 Å². The van der Waals surface area contributed by atoms with Gasteiger partial charge in [0.15, 0.2) is 0 Å². The molecular formula is C14H29NO2. The molecule has 0 aromatic heterocycles. The van der Waals surface area contributed by atoms with Crippen molar-refractivity contribution in [1.29, 1.82) is 0 Å². The molecule has 0 aromatic carbocycles. The fourth-order valence-electron chi connectivity index (χ4n) is 1.53. The highest BCUT2D eigenvalue weighted by molar-refractivity contribution is 5.66. The maximum Gasteiger partial charge on any atom is 0.407 e. The molecule has 0 aliphatic heterocycles. The normalized spacial score (nSPS) is 10.6. The van der Waals surface area contributed by atoms with Gasteiger partial charge in [0.1, 0.15) is 0 Å². The van der Waals surface area contributed by atoms with Crippen molar-refractivity contribution in [3.63, 3.8) is 0 Å². The van der Waals surface area contributed by atoms with Gasteiger partial charge in [0.2, 0.25) is 0 Å². The molecular weight excluding hydrogens is 214 g/mol. The van der Waals surface area contributed by atoms with Crippen molar-refractivity contribution in [3.05, 3.63) is 0 Å². The first-order valence-electron chi connectivity index (χ1n) is 7.07. The number of carbonyl (C=O) groups excluding carboxylic acids is 1. The van der Waals surface area contributed by atoms with Crippen molar-refractivity contribution in [2.75, 3.05) is 13.2 Å². The average molecular weight is 243 g/mol. The van der Waals surface area contributed by atoms with E-state index in [1.54, 1.807) is 0 Å². The van der Waals surface area contributed by atoms with E-state index < -0.39 is 0 Å². The smallest absolute Gasteiger partial charge is 0.407 e. The third-order valence-corrected chi connectivity index (χ3v) is 2.73. The van der Waals surface area contributed by atoms with Gasteiger partial charge in [0, 0.05) is 6.54 Å². The van der Waals surface area contributed by atoms with Crippen LogP contribution in [0.15, 0.2) is 0 Å². The van der Waals surface area contributed by atoms with Gasteiger partial charge in [0.05, 0.1) is 6.61 Å². The first-order chi connectivity index (χ1) is 8.16. The minimum Gasteiger partial charge on any atom is -0.450 e. The highest BCUT2D eigenvalue weighted by Crippen LogP contribution is 2.04. The van der Waals surface area contributed by atoms with Crippen molar-refractivity contribution < 1.29 is 9.53 Å². The second-order valence-corrected chi connectivity index (χ2v) is 5.01. The predicted molar refractivity (Wildman–Crippen MR) is 72.2 cm³/mol. The molecule has 3 nitrogen and oxygen atoms in total. The lowest BCUT2D eigenvalue weighted by atomic mass is 10.1. The van der Waals surface area contributed by atoms with E-state index in [1.165, 1.54) is 32.1 Å². The van der Waals surface area contributed by atoms with Gasteiger partial charge in [-0.25, -0.2) is 4.79 Å². The quantitative estimate of drug-likeness (QED) is 0.586.